The van der Waals surface area contributed by atoms with Gasteiger partial charge in [-0.1, -0.05) is 11.6 Å². The van der Waals surface area contributed by atoms with Crippen LogP contribution in [0.4, 0.5) is 0 Å². The molecule has 0 spiro atoms. The topological polar surface area (TPSA) is 53.1 Å². The van der Waals surface area contributed by atoms with Gasteiger partial charge in [0.05, 0.1) is 5.56 Å². The van der Waals surface area contributed by atoms with Crippen LogP contribution in [-0.4, -0.2) is 16.1 Å². The second kappa shape index (κ2) is 2.78. The summed E-state index contributed by atoms with van der Waals surface area (Å²) in [6.45, 7) is 0. The number of rotatable bonds is 1. The maximum atomic E-state index is 10.8. The molecule has 2 rings (SSSR count). The van der Waals surface area contributed by atoms with Crippen molar-refractivity contribution in [2.75, 3.05) is 0 Å². The lowest BCUT2D eigenvalue weighted by Crippen LogP contribution is -1.96. The first-order valence-electron chi connectivity index (χ1n) is 3.68. The number of aromatic carboxylic acids is 1. The highest BCUT2D eigenvalue weighted by molar-refractivity contribution is 6.32. The van der Waals surface area contributed by atoms with Crippen molar-refractivity contribution in [3.8, 4) is 0 Å². The molecular formula is C9H6ClNO2. The molecule has 0 radical (unpaired) electrons. The SMILES string of the molecule is O=C(O)c1cc(Cl)cc2[nH]ccc12. The summed E-state index contributed by atoms with van der Waals surface area (Å²) in [7, 11) is 0. The van der Waals surface area contributed by atoms with E-state index in [4.69, 9.17) is 16.7 Å². The van der Waals surface area contributed by atoms with Crippen molar-refractivity contribution in [1.29, 1.82) is 0 Å². The fourth-order valence-corrected chi connectivity index (χ4v) is 1.53. The number of H-pyrrole nitrogens is 1. The van der Waals surface area contributed by atoms with Crippen molar-refractivity contribution >= 4 is 28.5 Å². The molecule has 0 aliphatic carbocycles. The Morgan fingerprint density at radius 1 is 1.46 bits per heavy atom. The highest BCUT2D eigenvalue weighted by atomic mass is 35.5. The van der Waals surface area contributed by atoms with E-state index in [1.165, 1.54) is 6.07 Å². The molecule has 0 atom stereocenters. The zero-order chi connectivity index (χ0) is 9.42. The predicted molar refractivity (Wildman–Crippen MR) is 50.3 cm³/mol. The van der Waals surface area contributed by atoms with E-state index in [-0.39, 0.29) is 5.56 Å². The Bertz CT molecular complexity index is 475. The van der Waals surface area contributed by atoms with Crippen LogP contribution in [0.3, 0.4) is 0 Å². The van der Waals surface area contributed by atoms with Crippen LogP contribution in [0.5, 0.6) is 0 Å². The monoisotopic (exact) mass is 195 g/mol. The van der Waals surface area contributed by atoms with Gasteiger partial charge in [-0.05, 0) is 18.2 Å². The summed E-state index contributed by atoms with van der Waals surface area (Å²) in [6.07, 6.45) is 1.69. The summed E-state index contributed by atoms with van der Waals surface area (Å²) in [6, 6.07) is 4.86. The lowest BCUT2D eigenvalue weighted by molar-refractivity contribution is 0.0699. The van der Waals surface area contributed by atoms with Crippen LogP contribution < -0.4 is 0 Å². The molecule has 0 saturated carbocycles. The van der Waals surface area contributed by atoms with Crippen LogP contribution in [0.1, 0.15) is 10.4 Å². The zero-order valence-electron chi connectivity index (χ0n) is 6.54. The van der Waals surface area contributed by atoms with E-state index in [1.54, 1.807) is 18.3 Å². The molecule has 0 saturated heterocycles. The zero-order valence-corrected chi connectivity index (χ0v) is 7.30. The minimum absolute atomic E-state index is 0.226. The number of hydrogen-bond acceptors (Lipinski definition) is 1. The van der Waals surface area contributed by atoms with Gasteiger partial charge in [0.25, 0.3) is 0 Å². The molecule has 0 amide bonds. The van der Waals surface area contributed by atoms with Crippen molar-refractivity contribution < 1.29 is 9.90 Å². The number of carbonyl (C=O) groups is 1. The Labute approximate surface area is 78.9 Å². The Morgan fingerprint density at radius 3 is 2.92 bits per heavy atom. The van der Waals surface area contributed by atoms with Gasteiger partial charge in [0.15, 0.2) is 0 Å². The second-order valence-corrected chi connectivity index (χ2v) is 3.13. The van der Waals surface area contributed by atoms with Crippen LogP contribution >= 0.6 is 11.6 Å². The van der Waals surface area contributed by atoms with Crippen LogP contribution in [-0.2, 0) is 0 Å². The fourth-order valence-electron chi connectivity index (χ4n) is 1.31. The summed E-state index contributed by atoms with van der Waals surface area (Å²) < 4.78 is 0. The van der Waals surface area contributed by atoms with Gasteiger partial charge in [0, 0.05) is 22.1 Å². The van der Waals surface area contributed by atoms with Crippen LogP contribution in [0.2, 0.25) is 5.02 Å². The fraction of sp³-hybridized carbons (Fsp3) is 0. The van der Waals surface area contributed by atoms with E-state index < -0.39 is 5.97 Å². The lowest BCUT2D eigenvalue weighted by Gasteiger charge is -1.98. The third-order valence-corrected chi connectivity index (χ3v) is 2.08. The Balaban J connectivity index is 2.84. The number of carboxylic acids is 1. The molecule has 1 aromatic carbocycles. The minimum atomic E-state index is -0.966. The van der Waals surface area contributed by atoms with Gasteiger partial charge >= 0.3 is 5.97 Å². The van der Waals surface area contributed by atoms with E-state index >= 15 is 0 Å². The summed E-state index contributed by atoms with van der Waals surface area (Å²) in [5, 5.41) is 9.95. The first-order chi connectivity index (χ1) is 6.18. The van der Waals surface area contributed by atoms with Crippen molar-refractivity contribution in [1.82, 2.24) is 4.98 Å². The van der Waals surface area contributed by atoms with Gasteiger partial charge in [0.2, 0.25) is 0 Å². The number of hydrogen-bond donors (Lipinski definition) is 2. The van der Waals surface area contributed by atoms with E-state index in [1.807, 2.05) is 0 Å². The van der Waals surface area contributed by atoms with Crippen molar-refractivity contribution in [2.24, 2.45) is 0 Å². The molecule has 4 heteroatoms. The first-order valence-corrected chi connectivity index (χ1v) is 4.06. The summed E-state index contributed by atoms with van der Waals surface area (Å²) >= 11 is 5.74. The lowest BCUT2D eigenvalue weighted by atomic mass is 10.1. The second-order valence-electron chi connectivity index (χ2n) is 2.70. The number of carboxylic acid groups (broad SMARTS) is 1. The average molecular weight is 196 g/mol. The first kappa shape index (κ1) is 8.13. The Hall–Kier alpha value is -1.48. The molecular weight excluding hydrogens is 190 g/mol. The van der Waals surface area contributed by atoms with Crippen molar-refractivity contribution in [3.05, 3.63) is 35.0 Å². The Morgan fingerprint density at radius 2 is 2.23 bits per heavy atom. The van der Waals surface area contributed by atoms with E-state index in [0.29, 0.717) is 10.4 Å². The van der Waals surface area contributed by atoms with E-state index in [9.17, 15) is 4.79 Å². The molecule has 0 fully saturated rings. The molecule has 0 bridgehead atoms. The third-order valence-electron chi connectivity index (χ3n) is 1.86. The normalized spacial score (nSPS) is 10.5. The summed E-state index contributed by atoms with van der Waals surface area (Å²) in [5.41, 5.74) is 0.966. The van der Waals surface area contributed by atoms with Crippen molar-refractivity contribution in [3.63, 3.8) is 0 Å². The quantitative estimate of drug-likeness (QED) is 0.735. The number of aromatic amines is 1. The molecule has 1 aromatic heterocycles. The van der Waals surface area contributed by atoms with Gasteiger partial charge in [-0.15, -0.1) is 0 Å². The van der Waals surface area contributed by atoms with Crippen LogP contribution in [0.15, 0.2) is 24.4 Å². The Kier molecular flexibility index (Phi) is 1.74. The average Bonchev–Trinajstić information content (AvgIpc) is 2.49. The highest BCUT2D eigenvalue weighted by Crippen LogP contribution is 2.22. The maximum Gasteiger partial charge on any atom is 0.336 e. The maximum absolute atomic E-state index is 10.8. The predicted octanol–water partition coefficient (Wildman–Crippen LogP) is 2.52. The van der Waals surface area contributed by atoms with Gasteiger partial charge in [-0.2, -0.15) is 0 Å². The third kappa shape index (κ3) is 1.27. The van der Waals surface area contributed by atoms with Gasteiger partial charge < -0.3 is 10.1 Å². The molecule has 0 aliphatic heterocycles. The molecule has 0 unspecified atom stereocenters. The van der Waals surface area contributed by atoms with Crippen LogP contribution in [0.25, 0.3) is 10.9 Å². The van der Waals surface area contributed by atoms with E-state index in [2.05, 4.69) is 4.98 Å². The largest absolute Gasteiger partial charge is 0.478 e. The molecule has 0 aliphatic rings. The van der Waals surface area contributed by atoms with Gasteiger partial charge in [-0.25, -0.2) is 4.79 Å². The van der Waals surface area contributed by atoms with Gasteiger partial charge in [0.1, 0.15) is 0 Å². The standard InChI is InChI=1S/C9H6ClNO2/c10-5-3-7(9(12)13)6-1-2-11-8(6)4-5/h1-4,11H,(H,12,13). The summed E-state index contributed by atoms with van der Waals surface area (Å²) in [5.74, 6) is -0.966. The number of halogens is 1. The number of benzene rings is 1. The minimum Gasteiger partial charge on any atom is -0.478 e. The molecule has 2 N–H and O–H groups in total. The molecule has 3 nitrogen and oxygen atoms in total. The molecule has 13 heavy (non-hydrogen) atoms. The van der Waals surface area contributed by atoms with Crippen LogP contribution in [0, 0.1) is 0 Å². The van der Waals surface area contributed by atoms with E-state index in [0.717, 1.165) is 5.52 Å². The smallest absolute Gasteiger partial charge is 0.336 e. The number of fused-ring (bicyclic) bond motifs is 1. The number of aromatic nitrogens is 1. The molecule has 66 valence electrons. The van der Waals surface area contributed by atoms with Gasteiger partial charge in [-0.3, -0.25) is 0 Å². The molecule has 2 aromatic rings. The highest BCUT2D eigenvalue weighted by Gasteiger charge is 2.09. The number of nitrogens with one attached hydrogen (secondary N) is 1. The summed E-state index contributed by atoms with van der Waals surface area (Å²) in [4.78, 5) is 13.7. The van der Waals surface area contributed by atoms with Crippen molar-refractivity contribution in [2.45, 2.75) is 0 Å². The molecule has 1 heterocycles.